The van der Waals surface area contributed by atoms with Gasteiger partial charge in [0, 0.05) is 0 Å². The molecule has 0 amide bonds. The molecule has 0 saturated heterocycles. The van der Waals surface area contributed by atoms with E-state index in [1.54, 1.807) is 0 Å². The summed E-state index contributed by atoms with van der Waals surface area (Å²) >= 11 is 0. The highest BCUT2D eigenvalue weighted by Crippen LogP contribution is 2.22. The first kappa shape index (κ1) is 15.1. The van der Waals surface area contributed by atoms with E-state index in [9.17, 15) is 0 Å². The monoisotopic (exact) mass is 232 g/mol. The van der Waals surface area contributed by atoms with Crippen LogP contribution in [0.2, 0.25) is 24.7 Å². The van der Waals surface area contributed by atoms with Gasteiger partial charge in [-0.15, -0.1) is 0 Å². The van der Waals surface area contributed by atoms with Crippen LogP contribution in [0.25, 0.3) is 0 Å². The Kier molecular flexibility index (Phi) is 6.72. The Morgan fingerprint density at radius 3 is 2.00 bits per heavy atom. The minimum atomic E-state index is -0.893. The molecule has 2 nitrogen and oxygen atoms in total. The lowest BCUT2D eigenvalue weighted by Crippen LogP contribution is -2.43. The fraction of sp³-hybridized carbons (Fsp3) is 1.00. The first-order valence-electron chi connectivity index (χ1n) is 6.32. The summed E-state index contributed by atoms with van der Waals surface area (Å²) in [6, 6.07) is 4.28. The zero-order chi connectivity index (χ0) is 11.9. The van der Waals surface area contributed by atoms with Crippen molar-refractivity contribution in [2.75, 3.05) is 33.8 Å². The second-order valence-electron chi connectivity index (χ2n) is 5.73. The van der Waals surface area contributed by atoms with Gasteiger partial charge in [0.2, 0.25) is 0 Å². The summed E-state index contributed by atoms with van der Waals surface area (Å²) in [4.78, 5) is 0. The molecule has 0 saturated carbocycles. The lowest BCUT2D eigenvalue weighted by Gasteiger charge is -2.31. The number of aliphatic hydroxyl groups is 1. The SMILES string of the molecule is CC[Si](C)(CC)CCC[N+](C)(C)CCO. The first-order valence-corrected chi connectivity index (χ1v) is 9.44. The molecule has 0 atom stereocenters. The van der Waals surface area contributed by atoms with Crippen LogP contribution >= 0.6 is 0 Å². The fourth-order valence-electron chi connectivity index (χ4n) is 1.92. The third-order valence-electron chi connectivity index (χ3n) is 3.96. The van der Waals surface area contributed by atoms with Crippen molar-refractivity contribution in [2.24, 2.45) is 0 Å². The molecular formula is C12H30NOSi+. The second-order valence-corrected chi connectivity index (χ2v) is 11.3. The minimum Gasteiger partial charge on any atom is -0.391 e. The largest absolute Gasteiger partial charge is 0.391 e. The summed E-state index contributed by atoms with van der Waals surface area (Å²) in [5, 5.41) is 8.95. The highest BCUT2D eigenvalue weighted by Gasteiger charge is 2.23. The van der Waals surface area contributed by atoms with Gasteiger partial charge in [0.15, 0.2) is 0 Å². The maximum absolute atomic E-state index is 8.95. The molecule has 92 valence electrons. The van der Waals surface area contributed by atoms with Gasteiger partial charge in [-0.25, -0.2) is 0 Å². The van der Waals surface area contributed by atoms with Crippen molar-refractivity contribution >= 4 is 8.07 Å². The average Bonchev–Trinajstić information content (AvgIpc) is 2.17. The van der Waals surface area contributed by atoms with E-state index in [-0.39, 0.29) is 0 Å². The molecule has 0 aliphatic rings. The molecule has 0 rings (SSSR count). The molecule has 0 aliphatic heterocycles. The molecule has 0 spiro atoms. The zero-order valence-corrected chi connectivity index (χ0v) is 12.3. The van der Waals surface area contributed by atoms with Crippen molar-refractivity contribution in [3.63, 3.8) is 0 Å². The minimum absolute atomic E-state index is 0.309. The van der Waals surface area contributed by atoms with Gasteiger partial charge in [-0.2, -0.15) is 0 Å². The molecule has 0 unspecified atom stereocenters. The van der Waals surface area contributed by atoms with Crippen LogP contribution in [0.1, 0.15) is 20.3 Å². The van der Waals surface area contributed by atoms with Crippen molar-refractivity contribution in [3.8, 4) is 0 Å². The van der Waals surface area contributed by atoms with Crippen molar-refractivity contribution in [3.05, 3.63) is 0 Å². The maximum Gasteiger partial charge on any atom is 0.102 e. The first-order chi connectivity index (χ1) is 6.89. The lowest BCUT2D eigenvalue weighted by atomic mass is 10.4. The molecule has 0 aromatic carbocycles. The number of aliphatic hydroxyl groups excluding tert-OH is 1. The van der Waals surface area contributed by atoms with Crippen LogP contribution in [0, 0.1) is 0 Å². The Morgan fingerprint density at radius 2 is 1.60 bits per heavy atom. The molecule has 0 bridgehead atoms. The van der Waals surface area contributed by atoms with Crippen LogP contribution in [0.5, 0.6) is 0 Å². The van der Waals surface area contributed by atoms with Crippen LogP contribution in [0.4, 0.5) is 0 Å². The van der Waals surface area contributed by atoms with Gasteiger partial charge in [0.05, 0.1) is 35.3 Å². The zero-order valence-electron chi connectivity index (χ0n) is 11.3. The molecule has 15 heavy (non-hydrogen) atoms. The molecule has 0 heterocycles. The molecule has 0 fully saturated rings. The van der Waals surface area contributed by atoms with Gasteiger partial charge >= 0.3 is 0 Å². The van der Waals surface area contributed by atoms with E-state index in [4.69, 9.17) is 5.11 Å². The third-order valence-corrected chi connectivity index (χ3v) is 8.93. The van der Waals surface area contributed by atoms with E-state index in [0.717, 1.165) is 11.0 Å². The van der Waals surface area contributed by atoms with E-state index in [2.05, 4.69) is 34.5 Å². The Hall–Kier alpha value is 0.137. The topological polar surface area (TPSA) is 20.2 Å². The van der Waals surface area contributed by atoms with E-state index >= 15 is 0 Å². The molecule has 0 aromatic rings. The summed E-state index contributed by atoms with van der Waals surface area (Å²) in [7, 11) is 3.54. The van der Waals surface area contributed by atoms with Crippen molar-refractivity contribution in [1.29, 1.82) is 0 Å². The quantitative estimate of drug-likeness (QED) is 0.504. The van der Waals surface area contributed by atoms with Crippen molar-refractivity contribution in [1.82, 2.24) is 0 Å². The normalized spacial score (nSPS) is 13.2. The van der Waals surface area contributed by atoms with Gasteiger partial charge in [-0.05, 0) is 6.42 Å². The van der Waals surface area contributed by atoms with Crippen molar-refractivity contribution in [2.45, 2.75) is 44.9 Å². The van der Waals surface area contributed by atoms with Crippen LogP contribution in [0.15, 0.2) is 0 Å². The van der Waals surface area contributed by atoms with E-state index in [0.29, 0.717) is 6.61 Å². The molecule has 0 radical (unpaired) electrons. The van der Waals surface area contributed by atoms with E-state index in [1.807, 2.05) is 0 Å². The Labute approximate surface area is 96.9 Å². The van der Waals surface area contributed by atoms with Gasteiger partial charge in [0.1, 0.15) is 6.54 Å². The second kappa shape index (κ2) is 6.66. The average molecular weight is 232 g/mol. The smallest absolute Gasteiger partial charge is 0.102 e. The standard InChI is InChI=1S/C12H30NOSi/c1-6-15(5,7-2)12-8-9-13(3,4)10-11-14/h14H,6-12H2,1-5H3/q+1. The molecule has 0 aromatic heterocycles. The summed E-state index contributed by atoms with van der Waals surface area (Å²) < 4.78 is 0.967. The molecule has 3 heteroatoms. The van der Waals surface area contributed by atoms with Crippen LogP contribution < -0.4 is 0 Å². The highest BCUT2D eigenvalue weighted by molar-refractivity contribution is 6.78. The summed E-state index contributed by atoms with van der Waals surface area (Å²) in [5.41, 5.74) is 0. The number of hydrogen-bond acceptors (Lipinski definition) is 1. The number of hydrogen-bond donors (Lipinski definition) is 1. The number of rotatable bonds is 8. The van der Waals surface area contributed by atoms with Crippen LogP contribution in [-0.2, 0) is 0 Å². The predicted octanol–water partition coefficient (Wildman–Crippen LogP) is 2.56. The van der Waals surface area contributed by atoms with Gasteiger partial charge in [-0.3, -0.25) is 0 Å². The number of nitrogens with zero attached hydrogens (tertiary/aromatic N) is 1. The Bertz CT molecular complexity index is 167. The number of quaternary nitrogens is 1. The molecular weight excluding hydrogens is 202 g/mol. The summed E-state index contributed by atoms with van der Waals surface area (Å²) in [6.45, 7) is 9.63. The van der Waals surface area contributed by atoms with Gasteiger partial charge in [0.25, 0.3) is 0 Å². The van der Waals surface area contributed by atoms with Crippen LogP contribution in [0.3, 0.4) is 0 Å². The van der Waals surface area contributed by atoms with E-state index in [1.165, 1.54) is 31.1 Å². The lowest BCUT2D eigenvalue weighted by molar-refractivity contribution is -0.890. The highest BCUT2D eigenvalue weighted by atomic mass is 28.3. The summed E-state index contributed by atoms with van der Waals surface area (Å²) in [5.74, 6) is 0. The third kappa shape index (κ3) is 6.33. The maximum atomic E-state index is 8.95. The van der Waals surface area contributed by atoms with Crippen molar-refractivity contribution < 1.29 is 9.59 Å². The van der Waals surface area contributed by atoms with Gasteiger partial charge in [-0.1, -0.05) is 38.5 Å². The molecule has 1 N–H and O–H groups in total. The summed E-state index contributed by atoms with van der Waals surface area (Å²) in [6.07, 6.45) is 1.33. The molecule has 0 aliphatic carbocycles. The predicted molar refractivity (Wildman–Crippen MR) is 70.9 cm³/mol. The van der Waals surface area contributed by atoms with Crippen LogP contribution in [-0.4, -0.2) is 51.5 Å². The fourth-order valence-corrected chi connectivity index (χ4v) is 4.14. The van der Waals surface area contributed by atoms with Gasteiger partial charge < -0.3 is 9.59 Å². The van der Waals surface area contributed by atoms with E-state index < -0.39 is 8.07 Å². The Balaban J connectivity index is 3.87. The Morgan fingerprint density at radius 1 is 1.07 bits per heavy atom. The number of likely N-dealkylation sites (N-methyl/N-ethyl adjacent to an activating group) is 1.